The first kappa shape index (κ1) is 16.6. The van der Waals surface area contributed by atoms with E-state index in [9.17, 15) is 10.1 Å². The number of nitrogens with one attached hydrogen (secondary N) is 1. The van der Waals surface area contributed by atoms with Gasteiger partial charge in [0.1, 0.15) is 0 Å². The van der Waals surface area contributed by atoms with Crippen molar-refractivity contribution in [2.75, 3.05) is 20.6 Å². The van der Waals surface area contributed by atoms with Crippen molar-refractivity contribution < 1.29 is 4.92 Å². The Labute approximate surface area is 121 Å². The molecule has 0 radical (unpaired) electrons. The molecule has 20 heavy (non-hydrogen) atoms. The third kappa shape index (κ3) is 6.12. The van der Waals surface area contributed by atoms with Crippen LogP contribution in [0.4, 0.5) is 5.69 Å². The van der Waals surface area contributed by atoms with Crippen LogP contribution in [0.5, 0.6) is 0 Å². The Bertz CT molecular complexity index is 406. The Morgan fingerprint density at radius 3 is 2.30 bits per heavy atom. The molecular weight excluding hydrogens is 254 g/mol. The first-order chi connectivity index (χ1) is 9.38. The van der Waals surface area contributed by atoms with Gasteiger partial charge in [0.25, 0.3) is 5.69 Å². The largest absolute Gasteiger partial charge is 0.309 e. The second-order valence-corrected chi connectivity index (χ2v) is 5.89. The first-order valence-electron chi connectivity index (χ1n) is 7.00. The van der Waals surface area contributed by atoms with Gasteiger partial charge in [-0.1, -0.05) is 26.0 Å². The van der Waals surface area contributed by atoms with Crippen molar-refractivity contribution in [2.24, 2.45) is 5.92 Å². The molecule has 0 aromatic heterocycles. The molecule has 0 spiro atoms. The smallest absolute Gasteiger partial charge is 0.269 e. The van der Waals surface area contributed by atoms with Crippen LogP contribution in [-0.2, 0) is 6.54 Å². The van der Waals surface area contributed by atoms with Crippen molar-refractivity contribution in [1.82, 2.24) is 10.2 Å². The van der Waals surface area contributed by atoms with Gasteiger partial charge in [0.15, 0.2) is 0 Å². The fourth-order valence-electron chi connectivity index (χ4n) is 2.23. The van der Waals surface area contributed by atoms with E-state index in [1.807, 2.05) is 12.1 Å². The lowest BCUT2D eigenvalue weighted by atomic mass is 10.0. The van der Waals surface area contributed by atoms with Gasteiger partial charge in [-0.3, -0.25) is 10.1 Å². The highest BCUT2D eigenvalue weighted by Crippen LogP contribution is 2.12. The van der Waals surface area contributed by atoms with Crippen LogP contribution < -0.4 is 5.32 Å². The van der Waals surface area contributed by atoms with Crippen molar-refractivity contribution in [3.63, 3.8) is 0 Å². The van der Waals surface area contributed by atoms with E-state index in [4.69, 9.17) is 0 Å². The molecule has 1 aromatic carbocycles. The molecule has 0 aliphatic heterocycles. The zero-order valence-corrected chi connectivity index (χ0v) is 12.8. The van der Waals surface area contributed by atoms with Crippen LogP contribution in [0.3, 0.4) is 0 Å². The fourth-order valence-corrected chi connectivity index (χ4v) is 2.23. The lowest BCUT2D eigenvalue weighted by Gasteiger charge is -2.24. The summed E-state index contributed by atoms with van der Waals surface area (Å²) in [6, 6.07) is 7.17. The molecule has 0 heterocycles. The van der Waals surface area contributed by atoms with E-state index in [2.05, 4.69) is 38.2 Å². The summed E-state index contributed by atoms with van der Waals surface area (Å²) < 4.78 is 0. The minimum Gasteiger partial charge on any atom is -0.309 e. The first-order valence-corrected chi connectivity index (χ1v) is 7.00. The minimum atomic E-state index is -0.370. The van der Waals surface area contributed by atoms with Crippen molar-refractivity contribution in [1.29, 1.82) is 0 Å². The van der Waals surface area contributed by atoms with Crippen LogP contribution in [0, 0.1) is 16.0 Å². The third-order valence-electron chi connectivity index (χ3n) is 3.08. The van der Waals surface area contributed by atoms with E-state index in [0.717, 1.165) is 25.1 Å². The average Bonchev–Trinajstić information content (AvgIpc) is 2.35. The topological polar surface area (TPSA) is 58.4 Å². The summed E-state index contributed by atoms with van der Waals surface area (Å²) in [7, 11) is 4.14. The monoisotopic (exact) mass is 279 g/mol. The summed E-state index contributed by atoms with van der Waals surface area (Å²) in [6.07, 6.45) is 1.12. The van der Waals surface area contributed by atoms with E-state index in [-0.39, 0.29) is 10.6 Å². The highest BCUT2D eigenvalue weighted by atomic mass is 16.6. The Morgan fingerprint density at radius 2 is 1.85 bits per heavy atom. The maximum absolute atomic E-state index is 10.6. The SMILES string of the molecule is CC(C)CC(CN(C)C)NCc1ccc([N+](=O)[O-])cc1. The van der Waals surface area contributed by atoms with E-state index < -0.39 is 0 Å². The molecule has 1 N–H and O–H groups in total. The van der Waals surface area contributed by atoms with Crippen LogP contribution in [0.1, 0.15) is 25.8 Å². The van der Waals surface area contributed by atoms with Gasteiger partial charge < -0.3 is 10.2 Å². The predicted molar refractivity (Wildman–Crippen MR) is 81.7 cm³/mol. The highest BCUT2D eigenvalue weighted by molar-refractivity contribution is 5.32. The van der Waals surface area contributed by atoms with Crippen molar-refractivity contribution >= 4 is 5.69 Å². The molecule has 0 fully saturated rings. The number of hydrogen-bond acceptors (Lipinski definition) is 4. The third-order valence-corrected chi connectivity index (χ3v) is 3.08. The van der Waals surface area contributed by atoms with Gasteiger partial charge in [-0.25, -0.2) is 0 Å². The number of nitrogens with zero attached hydrogens (tertiary/aromatic N) is 2. The predicted octanol–water partition coefficient (Wildman–Crippen LogP) is 2.66. The molecule has 5 heteroatoms. The molecule has 0 amide bonds. The molecule has 0 aliphatic rings. The maximum atomic E-state index is 10.6. The second kappa shape index (κ2) is 7.97. The van der Waals surface area contributed by atoms with Crippen LogP contribution >= 0.6 is 0 Å². The Hall–Kier alpha value is -1.46. The summed E-state index contributed by atoms with van der Waals surface area (Å²) in [5.41, 5.74) is 1.21. The van der Waals surface area contributed by atoms with Crippen molar-refractivity contribution in [2.45, 2.75) is 32.9 Å². The average molecular weight is 279 g/mol. The number of nitro groups is 1. The molecule has 1 aromatic rings. The molecule has 1 rings (SSSR count). The molecule has 0 saturated carbocycles. The van der Waals surface area contributed by atoms with Gasteiger partial charge in [-0.15, -0.1) is 0 Å². The number of rotatable bonds is 8. The van der Waals surface area contributed by atoms with Crippen LogP contribution in [0.15, 0.2) is 24.3 Å². The van der Waals surface area contributed by atoms with E-state index in [1.165, 1.54) is 0 Å². The fraction of sp³-hybridized carbons (Fsp3) is 0.600. The zero-order valence-electron chi connectivity index (χ0n) is 12.8. The summed E-state index contributed by atoms with van der Waals surface area (Å²) in [6.45, 7) is 6.17. The van der Waals surface area contributed by atoms with Crippen LogP contribution in [0.25, 0.3) is 0 Å². The lowest BCUT2D eigenvalue weighted by molar-refractivity contribution is -0.384. The number of hydrogen-bond donors (Lipinski definition) is 1. The minimum absolute atomic E-state index is 0.140. The molecule has 1 atom stereocenters. The number of nitro benzene ring substituents is 1. The van der Waals surface area contributed by atoms with E-state index in [0.29, 0.717) is 12.0 Å². The standard InChI is InChI=1S/C15H25N3O2/c1-12(2)9-14(11-17(3)4)16-10-13-5-7-15(8-6-13)18(19)20/h5-8,12,14,16H,9-11H2,1-4H3. The molecule has 1 unspecified atom stereocenters. The van der Waals surface area contributed by atoms with Gasteiger partial charge in [0.2, 0.25) is 0 Å². The number of likely N-dealkylation sites (N-methyl/N-ethyl adjacent to an activating group) is 1. The summed E-state index contributed by atoms with van der Waals surface area (Å²) >= 11 is 0. The number of non-ortho nitro benzene ring substituents is 1. The Balaban J connectivity index is 2.55. The second-order valence-electron chi connectivity index (χ2n) is 5.89. The normalized spacial score (nSPS) is 12.9. The molecular formula is C15H25N3O2. The van der Waals surface area contributed by atoms with Crippen molar-refractivity contribution in [3.8, 4) is 0 Å². The zero-order chi connectivity index (χ0) is 15.1. The summed E-state index contributed by atoms with van der Waals surface area (Å²) in [5.74, 6) is 0.643. The van der Waals surface area contributed by atoms with E-state index in [1.54, 1.807) is 12.1 Å². The van der Waals surface area contributed by atoms with Gasteiger partial charge >= 0.3 is 0 Å². The molecule has 112 valence electrons. The molecule has 0 aliphatic carbocycles. The van der Waals surface area contributed by atoms with Crippen LogP contribution in [0.2, 0.25) is 0 Å². The summed E-state index contributed by atoms with van der Waals surface area (Å²) in [4.78, 5) is 12.4. The maximum Gasteiger partial charge on any atom is 0.269 e. The van der Waals surface area contributed by atoms with Gasteiger partial charge in [-0.2, -0.15) is 0 Å². The van der Waals surface area contributed by atoms with Gasteiger partial charge in [-0.05, 0) is 32.0 Å². The Morgan fingerprint density at radius 1 is 1.25 bits per heavy atom. The molecule has 5 nitrogen and oxygen atoms in total. The van der Waals surface area contributed by atoms with Gasteiger partial charge in [0, 0.05) is 31.3 Å². The Kier molecular flexibility index (Phi) is 6.61. The molecule has 0 bridgehead atoms. The lowest BCUT2D eigenvalue weighted by Crippen LogP contribution is -2.38. The van der Waals surface area contributed by atoms with E-state index >= 15 is 0 Å². The quantitative estimate of drug-likeness (QED) is 0.587. The van der Waals surface area contributed by atoms with Crippen LogP contribution in [-0.4, -0.2) is 36.5 Å². The summed E-state index contributed by atoms with van der Waals surface area (Å²) in [5, 5.41) is 14.1. The highest BCUT2D eigenvalue weighted by Gasteiger charge is 2.12. The van der Waals surface area contributed by atoms with Gasteiger partial charge in [0.05, 0.1) is 4.92 Å². The molecule has 0 saturated heterocycles. The van der Waals surface area contributed by atoms with Crippen molar-refractivity contribution in [3.05, 3.63) is 39.9 Å². The number of benzene rings is 1.